The first-order valence-corrected chi connectivity index (χ1v) is 5.95. The van der Waals surface area contributed by atoms with Crippen LogP contribution in [0.2, 0.25) is 0 Å². The van der Waals surface area contributed by atoms with Crippen LogP contribution in [-0.2, 0) is 0 Å². The molecule has 0 saturated heterocycles. The molecular formula is C8F12P+. The zero-order valence-electron chi connectivity index (χ0n) is 8.98. The molecule has 0 radical (unpaired) electrons. The van der Waals surface area contributed by atoms with Crippen LogP contribution < -0.4 is 0 Å². The Morgan fingerprint density at radius 1 is 0.333 bits per heavy atom. The highest BCUT2D eigenvalue weighted by Crippen LogP contribution is 2.86. The SMILES string of the molecule is FC(F)=C(F)[P+](C(F)=C(F)F)(C(F)=C(F)F)C(F)=C(F)F. The molecular weight excluding hydrogens is 355 g/mol. The highest BCUT2D eigenvalue weighted by molar-refractivity contribution is 7.89. The number of hydrogen-bond acceptors (Lipinski definition) is 0. The molecule has 0 aromatic heterocycles. The molecule has 0 saturated carbocycles. The Kier molecular flexibility index (Phi) is 6.53. The standard InChI is InChI=1S/C8F12P/c9-1(10)5(17)21(6(18)2(11)12,7(19)3(13)14)8(20)4(15)16/q+1. The summed E-state index contributed by atoms with van der Waals surface area (Å²) >= 11 is 0. The van der Waals surface area contributed by atoms with Gasteiger partial charge in [0.1, 0.15) is 0 Å². The number of halogens is 12. The van der Waals surface area contributed by atoms with E-state index in [1.165, 1.54) is 0 Å². The van der Waals surface area contributed by atoms with Crippen LogP contribution in [-0.4, -0.2) is 0 Å². The van der Waals surface area contributed by atoms with Gasteiger partial charge in [-0.1, -0.05) is 0 Å². The summed E-state index contributed by atoms with van der Waals surface area (Å²) < 4.78 is 148. The summed E-state index contributed by atoms with van der Waals surface area (Å²) in [6.07, 6.45) is -15.7. The van der Waals surface area contributed by atoms with Gasteiger partial charge in [-0.05, 0) is 0 Å². The molecule has 0 aliphatic rings. The van der Waals surface area contributed by atoms with Gasteiger partial charge in [-0.2, -0.15) is 52.7 Å². The maximum Gasteiger partial charge on any atom is 0.342 e. The third kappa shape index (κ3) is 3.42. The summed E-state index contributed by atoms with van der Waals surface area (Å²) in [7, 11) is -7.23. The van der Waals surface area contributed by atoms with Crippen LogP contribution in [0.15, 0.2) is 46.6 Å². The fraction of sp³-hybridized carbons (Fsp3) is 0. The predicted octanol–water partition coefficient (Wildman–Crippen LogP) is 7.14. The Morgan fingerprint density at radius 2 is 0.476 bits per heavy atom. The minimum atomic E-state index is -7.23. The molecule has 0 rings (SSSR count). The van der Waals surface area contributed by atoms with Crippen molar-refractivity contribution in [3.05, 3.63) is 46.6 Å². The molecule has 0 fully saturated rings. The lowest BCUT2D eigenvalue weighted by atomic mass is 11.0. The number of rotatable bonds is 4. The fourth-order valence-corrected chi connectivity index (χ4v) is 3.07. The topological polar surface area (TPSA) is 0 Å². The van der Waals surface area contributed by atoms with Gasteiger partial charge in [0.15, 0.2) is 0 Å². The lowest BCUT2D eigenvalue weighted by molar-refractivity contribution is 0.373. The van der Waals surface area contributed by atoms with E-state index in [-0.39, 0.29) is 0 Å². The van der Waals surface area contributed by atoms with Gasteiger partial charge < -0.3 is 0 Å². The second-order valence-corrected chi connectivity index (χ2v) is 5.79. The van der Waals surface area contributed by atoms with Crippen LogP contribution in [0.5, 0.6) is 0 Å². The van der Waals surface area contributed by atoms with E-state index in [1.54, 1.807) is 0 Å². The summed E-state index contributed by atoms with van der Waals surface area (Å²) in [5.41, 5.74) is -15.3. The van der Waals surface area contributed by atoms with Gasteiger partial charge in [-0.25, -0.2) is 0 Å². The normalized spacial score (nSPS) is 10.9. The van der Waals surface area contributed by atoms with Crippen LogP contribution in [0, 0.1) is 0 Å². The van der Waals surface area contributed by atoms with Gasteiger partial charge in [0.25, 0.3) is 7.26 Å². The summed E-state index contributed by atoms with van der Waals surface area (Å²) in [6, 6.07) is 0. The zero-order valence-corrected chi connectivity index (χ0v) is 9.88. The average molecular weight is 355 g/mol. The predicted molar refractivity (Wildman–Crippen MR) is 48.3 cm³/mol. The Morgan fingerprint density at radius 3 is 0.571 bits per heavy atom. The van der Waals surface area contributed by atoms with Gasteiger partial charge in [-0.15, -0.1) is 0 Å². The summed E-state index contributed by atoms with van der Waals surface area (Å²) in [6.45, 7) is 0. The van der Waals surface area contributed by atoms with Crippen LogP contribution in [0.1, 0.15) is 0 Å². The van der Waals surface area contributed by atoms with E-state index >= 15 is 0 Å². The maximum absolute atomic E-state index is 13.0. The molecule has 0 unspecified atom stereocenters. The molecule has 120 valence electrons. The Bertz CT molecular complexity index is 438. The van der Waals surface area contributed by atoms with Crippen molar-refractivity contribution in [2.24, 2.45) is 0 Å². The molecule has 0 N–H and O–H groups in total. The van der Waals surface area contributed by atoms with Crippen LogP contribution in [0.25, 0.3) is 0 Å². The van der Waals surface area contributed by atoms with Gasteiger partial charge in [-0.3, -0.25) is 0 Å². The monoisotopic (exact) mass is 355 g/mol. The van der Waals surface area contributed by atoms with E-state index in [0.717, 1.165) is 0 Å². The third-order valence-corrected chi connectivity index (χ3v) is 4.83. The van der Waals surface area contributed by atoms with Crippen LogP contribution in [0.4, 0.5) is 52.7 Å². The molecule has 21 heavy (non-hydrogen) atoms. The molecule has 0 aliphatic heterocycles. The van der Waals surface area contributed by atoms with Gasteiger partial charge in [0, 0.05) is 0 Å². The van der Waals surface area contributed by atoms with Crippen molar-refractivity contribution in [2.75, 3.05) is 0 Å². The molecule has 0 aromatic carbocycles. The molecule has 13 heteroatoms. The van der Waals surface area contributed by atoms with E-state index < -0.39 is 53.9 Å². The Balaban J connectivity index is 7.21. The fourth-order valence-electron chi connectivity index (χ4n) is 1.02. The lowest BCUT2D eigenvalue weighted by Gasteiger charge is -2.15. The van der Waals surface area contributed by atoms with E-state index in [2.05, 4.69) is 0 Å². The average Bonchev–Trinajstić information content (AvgIpc) is 2.37. The smallest absolute Gasteiger partial charge is 0.166 e. The summed E-state index contributed by atoms with van der Waals surface area (Å²) in [4.78, 5) is 0. The zero-order chi connectivity index (χ0) is 17.1. The van der Waals surface area contributed by atoms with Crippen molar-refractivity contribution < 1.29 is 52.7 Å². The molecule has 0 bridgehead atoms. The minimum absolute atomic E-state index is 3.82. The van der Waals surface area contributed by atoms with Crippen molar-refractivity contribution in [3.63, 3.8) is 0 Å². The van der Waals surface area contributed by atoms with E-state index in [1.807, 2.05) is 0 Å². The molecule has 0 atom stereocenters. The lowest BCUT2D eigenvalue weighted by Crippen LogP contribution is -2.01. The quantitative estimate of drug-likeness (QED) is 0.371. The Hall–Kier alpha value is -1.45. The first-order valence-electron chi connectivity index (χ1n) is 4.16. The van der Waals surface area contributed by atoms with Crippen LogP contribution in [0.3, 0.4) is 0 Å². The van der Waals surface area contributed by atoms with Crippen molar-refractivity contribution in [1.29, 1.82) is 0 Å². The van der Waals surface area contributed by atoms with E-state index in [4.69, 9.17) is 0 Å². The molecule has 0 amide bonds. The minimum Gasteiger partial charge on any atom is -0.166 e. The van der Waals surface area contributed by atoms with Crippen molar-refractivity contribution in [3.8, 4) is 0 Å². The highest BCUT2D eigenvalue weighted by atomic mass is 31.2. The number of hydrogen-bond donors (Lipinski definition) is 0. The van der Waals surface area contributed by atoms with Crippen LogP contribution >= 0.6 is 7.26 Å². The van der Waals surface area contributed by atoms with Gasteiger partial charge >= 0.3 is 46.6 Å². The summed E-state index contributed by atoms with van der Waals surface area (Å²) in [5, 5.41) is 0. The van der Waals surface area contributed by atoms with E-state index in [0.29, 0.717) is 0 Å². The van der Waals surface area contributed by atoms with Crippen molar-refractivity contribution >= 4 is 7.26 Å². The third-order valence-electron chi connectivity index (χ3n) is 1.80. The summed E-state index contributed by atoms with van der Waals surface area (Å²) in [5.74, 6) is 0. The first kappa shape index (κ1) is 19.6. The highest BCUT2D eigenvalue weighted by Gasteiger charge is 2.68. The first-order chi connectivity index (χ1) is 9.42. The molecule has 0 nitrogen and oxygen atoms in total. The van der Waals surface area contributed by atoms with Crippen molar-refractivity contribution in [2.45, 2.75) is 0 Å². The second kappa shape index (κ2) is 7.01. The van der Waals surface area contributed by atoms with Gasteiger partial charge in [0.2, 0.25) is 0 Å². The second-order valence-electron chi connectivity index (χ2n) is 2.88. The molecule has 0 aliphatic carbocycles. The maximum atomic E-state index is 13.0. The molecule has 0 aromatic rings. The van der Waals surface area contributed by atoms with Crippen molar-refractivity contribution in [1.82, 2.24) is 0 Å². The molecule has 0 spiro atoms. The Labute approximate surface area is 108 Å². The van der Waals surface area contributed by atoms with E-state index in [9.17, 15) is 52.7 Å². The molecule has 0 heterocycles. The largest absolute Gasteiger partial charge is 0.342 e. The van der Waals surface area contributed by atoms with Gasteiger partial charge in [0.05, 0.1) is 0 Å².